The Morgan fingerprint density at radius 1 is 0.519 bits per heavy atom. The van der Waals surface area contributed by atoms with Gasteiger partial charge in [-0.3, -0.25) is 55.9 Å². The summed E-state index contributed by atoms with van der Waals surface area (Å²) in [5.41, 5.74) is 14.3. The Hall–Kier alpha value is -5.00. The van der Waals surface area contributed by atoms with Crippen LogP contribution in [0.3, 0.4) is 0 Å². The van der Waals surface area contributed by atoms with E-state index in [1.807, 2.05) is 0 Å². The minimum atomic E-state index is -6.09. The largest absolute Gasteiger partial charge is 0.490 e. The first-order valence-corrected chi connectivity index (χ1v) is 28.6. The molecular formula is C30H40N15O27P5. The summed E-state index contributed by atoms with van der Waals surface area (Å²) in [7, 11) is -29.2. The summed E-state index contributed by atoms with van der Waals surface area (Å²) in [6, 6.07) is 0. The van der Waals surface area contributed by atoms with Gasteiger partial charge in [0.15, 0.2) is 52.5 Å². The minimum Gasteiger partial charge on any atom is -0.387 e. The molecule has 16 atom stereocenters. The Balaban J connectivity index is 0.941. The molecule has 0 aliphatic carbocycles. The highest BCUT2D eigenvalue weighted by molar-refractivity contribution is 7.66. The van der Waals surface area contributed by atoms with Crippen LogP contribution >= 0.6 is 39.1 Å². The van der Waals surface area contributed by atoms with E-state index in [2.05, 4.69) is 58.0 Å². The Morgan fingerprint density at radius 2 is 0.935 bits per heavy atom. The number of nitrogens with zero attached hydrogens (tertiary/aromatic N) is 10. The van der Waals surface area contributed by atoms with E-state index in [-0.39, 0.29) is 39.7 Å². The molecule has 42 nitrogen and oxygen atoms in total. The van der Waals surface area contributed by atoms with E-state index in [1.54, 1.807) is 0 Å². The lowest BCUT2D eigenvalue weighted by Gasteiger charge is -2.26. The summed E-state index contributed by atoms with van der Waals surface area (Å²) >= 11 is 0. The maximum Gasteiger partial charge on any atom is 0.490 e. The van der Waals surface area contributed by atoms with Crippen LogP contribution in [0.15, 0.2) is 34.9 Å². The Bertz CT molecular complexity index is 3590. The van der Waals surface area contributed by atoms with E-state index in [0.29, 0.717) is 0 Å². The molecule has 0 bridgehead atoms. The van der Waals surface area contributed by atoms with Gasteiger partial charge in [0.05, 0.1) is 38.8 Å². The van der Waals surface area contributed by atoms with Crippen LogP contribution in [-0.4, -0.2) is 183 Å². The lowest BCUT2D eigenvalue weighted by molar-refractivity contribution is -0.0616. The van der Waals surface area contributed by atoms with E-state index in [4.69, 9.17) is 59.3 Å². The molecule has 6 aromatic rings. The Morgan fingerprint density at radius 3 is 1.42 bits per heavy atom. The fraction of sp³-hybridized carbons (Fsp3) is 0.500. The number of anilines is 3. The minimum absolute atomic E-state index is 0.0249. The van der Waals surface area contributed by atoms with Crippen LogP contribution in [-0.2, 0) is 68.3 Å². The molecule has 47 heteroatoms. The van der Waals surface area contributed by atoms with Crippen molar-refractivity contribution < 1.29 is 118 Å². The number of H-pyrrole nitrogens is 2. The highest BCUT2D eigenvalue weighted by atomic mass is 31.3. The summed E-state index contributed by atoms with van der Waals surface area (Å²) in [5.74, 6) is -0.958. The third-order valence-electron chi connectivity index (χ3n) is 11.2. The smallest absolute Gasteiger partial charge is 0.387 e. The lowest BCUT2D eigenvalue weighted by Crippen LogP contribution is -2.38. The Kier molecular flexibility index (Phi) is 15.4. The van der Waals surface area contributed by atoms with E-state index < -0.39 is 155 Å². The number of phosphoric acid groups is 5. The van der Waals surface area contributed by atoms with E-state index in [0.717, 1.165) is 39.0 Å². The van der Waals surface area contributed by atoms with Gasteiger partial charge in [0.25, 0.3) is 11.1 Å². The van der Waals surface area contributed by atoms with Crippen LogP contribution in [0.5, 0.6) is 0 Å². The van der Waals surface area contributed by atoms with Crippen LogP contribution in [0.1, 0.15) is 18.7 Å². The second-order valence-corrected chi connectivity index (χ2v) is 23.6. The topological polar surface area (TPSA) is 629 Å². The van der Waals surface area contributed by atoms with Crippen molar-refractivity contribution in [2.75, 3.05) is 37.0 Å². The maximum absolute atomic E-state index is 13.9. The van der Waals surface area contributed by atoms with E-state index in [9.17, 15) is 72.4 Å². The number of nitrogen functional groups attached to an aromatic ring is 3. The second kappa shape index (κ2) is 20.9. The molecule has 3 aliphatic heterocycles. The first-order valence-electron chi connectivity index (χ1n) is 21.1. The molecule has 4 unspecified atom stereocenters. The number of aliphatic hydroxyl groups excluding tert-OH is 4. The van der Waals surface area contributed by atoms with Crippen molar-refractivity contribution in [1.82, 2.24) is 58.6 Å². The molecule has 0 spiro atoms. The van der Waals surface area contributed by atoms with E-state index in [1.165, 1.54) is 0 Å². The van der Waals surface area contributed by atoms with Crippen LogP contribution < -0.4 is 28.3 Å². The molecule has 3 fully saturated rings. The van der Waals surface area contributed by atoms with Crippen molar-refractivity contribution in [2.24, 2.45) is 0 Å². The summed E-state index contributed by atoms with van der Waals surface area (Å²) in [6.07, 6.45) is -19.3. The van der Waals surface area contributed by atoms with Gasteiger partial charge in [0.2, 0.25) is 11.9 Å². The number of phosphoric ester groups is 3. The van der Waals surface area contributed by atoms with Crippen molar-refractivity contribution in [2.45, 2.75) is 73.6 Å². The number of nitrogens with one attached hydrogen (secondary N) is 2. The number of aliphatic hydroxyl groups is 4. The molecule has 6 aromatic heterocycles. The number of nitrogens with two attached hydrogens (primary N) is 3. The normalized spacial score (nSPS) is 30.2. The fourth-order valence-corrected chi connectivity index (χ4v) is 13.0. The number of imidazole rings is 3. The number of hydrogen-bond acceptors (Lipinski definition) is 31. The van der Waals surface area contributed by atoms with Gasteiger partial charge < -0.3 is 81.2 Å². The molecule has 9 rings (SSSR count). The molecular weight excluding hydrogens is 1160 g/mol. The third-order valence-corrected chi connectivity index (χ3v) is 17.0. The lowest BCUT2D eigenvalue weighted by atomic mass is 10.1. The zero-order chi connectivity index (χ0) is 55.9. The van der Waals surface area contributed by atoms with Crippen LogP contribution in [0, 0.1) is 0 Å². The number of fused-ring (bicyclic) bond motifs is 3. The molecule has 9 heterocycles. The zero-order valence-corrected chi connectivity index (χ0v) is 42.2. The SMILES string of the molecule is Nc1nc2c(ncn2[C@@H]2O[C@H](COP(=O)(O)O[C@H]3[C@@H](O)[C@H](n4cnc5c(N)ncnc54)O[C@@H]3COP(=O)(O)O[C@H]3[C@@H](O)[C@H](n4cnc5c(=O)[nH]c(N)nc54)O[C@@H]3COP(=O)(O)OP(=O)(O)OP(=O)(O)O)[C@@H](O)[C@H]2O)c(=O)[nH]1. The highest BCUT2D eigenvalue weighted by Gasteiger charge is 2.54. The average Bonchev–Trinajstić information content (AvgIpc) is 4.21. The van der Waals surface area contributed by atoms with Gasteiger partial charge >= 0.3 is 39.1 Å². The molecule has 0 radical (unpaired) electrons. The number of aromatic nitrogens is 12. The number of rotatable bonds is 20. The summed E-state index contributed by atoms with van der Waals surface area (Å²) in [6.45, 7) is -3.74. The third kappa shape index (κ3) is 12.0. The fourth-order valence-electron chi connectivity index (χ4n) is 8.01. The van der Waals surface area contributed by atoms with Crippen LogP contribution in [0.2, 0.25) is 0 Å². The van der Waals surface area contributed by atoms with E-state index >= 15 is 0 Å². The average molecular weight is 1200 g/mol. The van der Waals surface area contributed by atoms with Gasteiger partial charge in [-0.05, 0) is 0 Å². The molecule has 18 N–H and O–H groups in total. The number of aromatic amines is 2. The van der Waals surface area contributed by atoms with Crippen molar-refractivity contribution in [3.8, 4) is 0 Å². The molecule has 3 saturated heterocycles. The molecule has 77 heavy (non-hydrogen) atoms. The summed E-state index contributed by atoms with van der Waals surface area (Å²) in [4.78, 5) is 117. The quantitative estimate of drug-likeness (QED) is 0.0320. The first kappa shape index (κ1) is 56.7. The van der Waals surface area contributed by atoms with Gasteiger partial charge in [-0.2, -0.15) is 18.6 Å². The first-order chi connectivity index (χ1) is 35.9. The van der Waals surface area contributed by atoms with Crippen molar-refractivity contribution in [3.05, 3.63) is 46.0 Å². The predicted molar refractivity (Wildman–Crippen MR) is 242 cm³/mol. The zero-order valence-electron chi connectivity index (χ0n) is 37.7. The number of hydrogen-bond donors (Lipinski definition) is 15. The molecule has 3 aliphatic rings. The van der Waals surface area contributed by atoms with Gasteiger partial charge in [0, 0.05) is 0 Å². The maximum atomic E-state index is 13.9. The second-order valence-electron chi connectivity index (χ2n) is 16.3. The summed E-state index contributed by atoms with van der Waals surface area (Å²) < 4.78 is 116. The molecule has 0 saturated carbocycles. The summed E-state index contributed by atoms with van der Waals surface area (Å²) in [5, 5.41) is 44.9. The molecule has 422 valence electrons. The van der Waals surface area contributed by atoms with Crippen LogP contribution in [0.4, 0.5) is 17.7 Å². The van der Waals surface area contributed by atoms with Crippen LogP contribution in [0.25, 0.3) is 33.5 Å². The highest BCUT2D eigenvalue weighted by Crippen LogP contribution is 2.66. The Labute approximate surface area is 422 Å². The van der Waals surface area contributed by atoms with Crippen molar-refractivity contribution in [3.63, 3.8) is 0 Å². The standard InChI is InChI=1S/C30H40N15O27P5/c31-20-11-21(35-4-34-20)43(5-36-11)27-16(48)18(69-74(55,56)63-1-8-14(46)15(47)26(66-8)44-6-37-12-22(44)39-29(32)41-24(12)50)9(67-27)2-64-75(57,58)70-19-10(3-65-76(59,60)72-77(61,62)71-73(52,53)54)68-28(17(19)49)45-7-38-13-23(45)40-30(33)42-25(13)51/h4-10,14-19,26-28,46-49H,1-3H2,(H,55,56)(H,57,58)(H,59,60)(H,61,62)(H2,31,34,35)(H2,52,53,54)(H3,32,39,41,50)(H3,33,40,42,51)/t8-,9-,10-,14-,15-,16-,17-,18-,19-,26-,27-,28-/m1/s1. The predicted octanol–water partition coefficient (Wildman–Crippen LogP) is -4.68. The molecule has 0 aromatic carbocycles. The van der Waals surface area contributed by atoms with Gasteiger partial charge in [-0.15, -0.1) is 0 Å². The van der Waals surface area contributed by atoms with Crippen molar-refractivity contribution in [1.29, 1.82) is 0 Å². The van der Waals surface area contributed by atoms with Gasteiger partial charge in [-0.1, -0.05) is 0 Å². The van der Waals surface area contributed by atoms with Gasteiger partial charge in [-0.25, -0.2) is 47.7 Å². The monoisotopic (exact) mass is 1200 g/mol. The van der Waals surface area contributed by atoms with Crippen molar-refractivity contribution >= 4 is 90.3 Å². The number of ether oxygens (including phenoxy) is 3. The molecule has 0 amide bonds. The van der Waals surface area contributed by atoms with Gasteiger partial charge in [0.1, 0.15) is 66.8 Å².